The Kier molecular flexibility index (Phi) is 4.52. The van der Waals surface area contributed by atoms with Gasteiger partial charge in [-0.1, -0.05) is 16.8 Å². The van der Waals surface area contributed by atoms with Gasteiger partial charge in [-0.05, 0) is 30.7 Å². The molecule has 0 radical (unpaired) electrons. The second-order valence-electron chi connectivity index (χ2n) is 6.14. The zero-order chi connectivity index (χ0) is 17.2. The first-order valence-electron chi connectivity index (χ1n) is 8.16. The number of rotatable bonds is 5. The minimum Gasteiger partial charge on any atom is -0.380 e. The van der Waals surface area contributed by atoms with Crippen LogP contribution in [0, 0.1) is 0 Å². The van der Waals surface area contributed by atoms with Crippen molar-refractivity contribution in [2.45, 2.75) is 25.1 Å². The summed E-state index contributed by atoms with van der Waals surface area (Å²) in [5.41, 5.74) is 1.84. The van der Waals surface area contributed by atoms with Crippen LogP contribution in [0.15, 0.2) is 42.9 Å². The molecule has 1 fully saturated rings. The number of aromatic amines is 1. The number of benzene rings is 1. The molecule has 7 nitrogen and oxygen atoms in total. The summed E-state index contributed by atoms with van der Waals surface area (Å²) in [5.74, 6) is 0.963. The molecular formula is C17H19ClN6O. The van der Waals surface area contributed by atoms with E-state index in [9.17, 15) is 0 Å². The molecule has 4 rings (SSSR count). The number of nitrogens with zero attached hydrogens (tertiary/aromatic N) is 5. The summed E-state index contributed by atoms with van der Waals surface area (Å²) >= 11 is 5.94. The van der Waals surface area contributed by atoms with Crippen LogP contribution in [-0.4, -0.2) is 49.6 Å². The van der Waals surface area contributed by atoms with Crippen LogP contribution in [0.4, 0.5) is 0 Å². The maximum Gasteiger partial charge on any atom is 0.123 e. The molecule has 0 spiro atoms. The number of imidazole rings is 1. The van der Waals surface area contributed by atoms with Gasteiger partial charge in [0, 0.05) is 37.6 Å². The molecule has 3 heterocycles. The van der Waals surface area contributed by atoms with Crippen molar-refractivity contribution >= 4 is 11.6 Å². The van der Waals surface area contributed by atoms with E-state index in [0.717, 1.165) is 30.2 Å². The lowest BCUT2D eigenvalue weighted by Gasteiger charge is -2.21. The van der Waals surface area contributed by atoms with E-state index in [1.807, 2.05) is 36.7 Å². The van der Waals surface area contributed by atoms with Crippen molar-refractivity contribution < 1.29 is 4.74 Å². The molecule has 1 aliphatic heterocycles. The van der Waals surface area contributed by atoms with E-state index in [0.29, 0.717) is 11.6 Å². The minimum atomic E-state index is 0.195. The maximum atomic E-state index is 5.94. The summed E-state index contributed by atoms with van der Waals surface area (Å²) in [6, 6.07) is 7.72. The first-order chi connectivity index (χ1) is 12.2. The first kappa shape index (κ1) is 16.3. The van der Waals surface area contributed by atoms with E-state index < -0.39 is 0 Å². The monoisotopic (exact) mass is 358 g/mol. The molecule has 0 aliphatic carbocycles. The molecule has 25 heavy (non-hydrogen) atoms. The van der Waals surface area contributed by atoms with Gasteiger partial charge in [0.25, 0.3) is 0 Å². The van der Waals surface area contributed by atoms with Crippen LogP contribution in [0.25, 0.3) is 5.69 Å². The van der Waals surface area contributed by atoms with Crippen LogP contribution < -0.4 is 0 Å². The second kappa shape index (κ2) is 6.95. The number of hydrogen-bond acceptors (Lipinski definition) is 5. The second-order valence-corrected chi connectivity index (χ2v) is 6.58. The number of halogens is 1. The van der Waals surface area contributed by atoms with Gasteiger partial charge in [0.15, 0.2) is 0 Å². The third-order valence-electron chi connectivity index (χ3n) is 4.53. The van der Waals surface area contributed by atoms with Crippen molar-refractivity contribution in [1.29, 1.82) is 0 Å². The minimum absolute atomic E-state index is 0.195. The van der Waals surface area contributed by atoms with Gasteiger partial charge in [-0.15, -0.1) is 5.10 Å². The molecule has 2 atom stereocenters. The largest absolute Gasteiger partial charge is 0.380 e. The fraction of sp³-hybridized carbons (Fsp3) is 0.353. The third-order valence-corrected chi connectivity index (χ3v) is 4.78. The molecule has 1 saturated heterocycles. The van der Waals surface area contributed by atoms with Crippen molar-refractivity contribution in [2.24, 2.45) is 0 Å². The van der Waals surface area contributed by atoms with Crippen molar-refractivity contribution in [3.8, 4) is 5.69 Å². The molecule has 1 aromatic carbocycles. The van der Waals surface area contributed by atoms with E-state index in [1.165, 1.54) is 0 Å². The van der Waals surface area contributed by atoms with Crippen molar-refractivity contribution in [3.05, 3.63) is 59.4 Å². The molecule has 1 aliphatic rings. The Morgan fingerprint density at radius 2 is 2.16 bits per heavy atom. The summed E-state index contributed by atoms with van der Waals surface area (Å²) < 4.78 is 7.32. The standard InChI is InChI=1S/C17H19ClN6O/c1-25-15-8-16(17-19-6-7-20-17)23(11-15)9-13-10-24(22-21-13)14-4-2-12(18)3-5-14/h2-7,10,15-16H,8-9,11H2,1H3,(H,19,20)/t15-,16?/m1/s1. The highest BCUT2D eigenvalue weighted by molar-refractivity contribution is 6.30. The molecule has 0 bridgehead atoms. The average molecular weight is 359 g/mol. The Bertz CT molecular complexity index is 816. The Hall–Kier alpha value is -2.22. The summed E-state index contributed by atoms with van der Waals surface area (Å²) in [6.45, 7) is 1.54. The molecule has 0 amide bonds. The number of hydrogen-bond donors (Lipinski definition) is 1. The van der Waals surface area contributed by atoms with E-state index in [1.54, 1.807) is 18.0 Å². The molecule has 0 saturated carbocycles. The van der Waals surface area contributed by atoms with Crippen LogP contribution in [0.1, 0.15) is 24.0 Å². The van der Waals surface area contributed by atoms with Crippen molar-refractivity contribution in [1.82, 2.24) is 29.9 Å². The lowest BCUT2D eigenvalue weighted by molar-refractivity contribution is 0.107. The molecule has 2 aromatic heterocycles. The zero-order valence-corrected chi connectivity index (χ0v) is 14.6. The van der Waals surface area contributed by atoms with Crippen LogP contribution in [0.5, 0.6) is 0 Å². The molecule has 8 heteroatoms. The highest BCUT2D eigenvalue weighted by atomic mass is 35.5. The van der Waals surface area contributed by atoms with Gasteiger partial charge in [0.2, 0.25) is 0 Å². The summed E-state index contributed by atoms with van der Waals surface area (Å²) in [4.78, 5) is 9.95. The molecular weight excluding hydrogens is 340 g/mol. The maximum absolute atomic E-state index is 5.94. The Balaban J connectivity index is 1.52. The number of H-pyrrole nitrogens is 1. The third kappa shape index (κ3) is 3.44. The van der Waals surface area contributed by atoms with Crippen LogP contribution in [0.2, 0.25) is 5.02 Å². The lowest BCUT2D eigenvalue weighted by atomic mass is 10.2. The van der Waals surface area contributed by atoms with E-state index in [-0.39, 0.29) is 12.1 Å². The lowest BCUT2D eigenvalue weighted by Crippen LogP contribution is -2.25. The van der Waals surface area contributed by atoms with E-state index >= 15 is 0 Å². The molecule has 1 N–H and O–H groups in total. The smallest absolute Gasteiger partial charge is 0.123 e. The van der Waals surface area contributed by atoms with Gasteiger partial charge in [0.1, 0.15) is 5.82 Å². The Morgan fingerprint density at radius 1 is 1.32 bits per heavy atom. The normalized spacial score (nSPS) is 21.0. The summed E-state index contributed by atoms with van der Waals surface area (Å²) in [5, 5.41) is 9.24. The van der Waals surface area contributed by atoms with Gasteiger partial charge in [-0.2, -0.15) is 0 Å². The van der Waals surface area contributed by atoms with Gasteiger partial charge >= 0.3 is 0 Å². The van der Waals surface area contributed by atoms with Crippen molar-refractivity contribution in [3.63, 3.8) is 0 Å². The fourth-order valence-corrected chi connectivity index (χ4v) is 3.38. The highest BCUT2D eigenvalue weighted by Crippen LogP contribution is 2.32. The zero-order valence-electron chi connectivity index (χ0n) is 13.8. The first-order valence-corrected chi connectivity index (χ1v) is 8.54. The number of ether oxygens (including phenoxy) is 1. The summed E-state index contributed by atoms with van der Waals surface area (Å²) in [7, 11) is 1.75. The highest BCUT2D eigenvalue weighted by Gasteiger charge is 2.35. The quantitative estimate of drug-likeness (QED) is 0.759. The van der Waals surface area contributed by atoms with Crippen LogP contribution in [-0.2, 0) is 11.3 Å². The Labute approximate surface area is 150 Å². The number of methoxy groups -OCH3 is 1. The predicted octanol–water partition coefficient (Wildman–Crippen LogP) is 2.61. The SMILES string of the molecule is CO[C@@H]1CC(c2ncc[nH]2)N(Cc2cn(-c3ccc(Cl)cc3)nn2)C1. The van der Waals surface area contributed by atoms with Gasteiger partial charge in [-0.3, -0.25) is 4.90 Å². The van der Waals surface area contributed by atoms with E-state index in [2.05, 4.69) is 25.2 Å². The predicted molar refractivity (Wildman–Crippen MR) is 93.5 cm³/mol. The fourth-order valence-electron chi connectivity index (χ4n) is 3.25. The summed E-state index contributed by atoms with van der Waals surface area (Å²) in [6.07, 6.45) is 6.69. The number of aromatic nitrogens is 5. The van der Waals surface area contributed by atoms with Gasteiger partial charge in [0.05, 0.1) is 29.7 Å². The topological polar surface area (TPSA) is 71.9 Å². The Morgan fingerprint density at radius 3 is 2.88 bits per heavy atom. The number of nitrogens with one attached hydrogen (secondary N) is 1. The average Bonchev–Trinajstić information content (AvgIpc) is 3.36. The molecule has 1 unspecified atom stereocenters. The number of likely N-dealkylation sites (tertiary alicyclic amines) is 1. The van der Waals surface area contributed by atoms with Crippen LogP contribution in [0.3, 0.4) is 0 Å². The molecule has 3 aromatic rings. The van der Waals surface area contributed by atoms with E-state index in [4.69, 9.17) is 16.3 Å². The van der Waals surface area contributed by atoms with Gasteiger partial charge < -0.3 is 9.72 Å². The van der Waals surface area contributed by atoms with Crippen LogP contribution >= 0.6 is 11.6 Å². The molecule has 130 valence electrons. The van der Waals surface area contributed by atoms with Crippen molar-refractivity contribution in [2.75, 3.05) is 13.7 Å². The van der Waals surface area contributed by atoms with Gasteiger partial charge in [-0.25, -0.2) is 9.67 Å².